The van der Waals surface area contributed by atoms with Crippen molar-refractivity contribution < 1.29 is 23.7 Å². The summed E-state index contributed by atoms with van der Waals surface area (Å²) in [5.74, 6) is -0.299. The van der Waals surface area contributed by atoms with Crippen LogP contribution in [0.2, 0.25) is 5.02 Å². The number of aliphatic hydroxyl groups is 2. The van der Waals surface area contributed by atoms with Crippen LogP contribution in [0.15, 0.2) is 47.5 Å². The Morgan fingerprint density at radius 1 is 1.22 bits per heavy atom. The number of rotatable bonds is 10. The quantitative estimate of drug-likeness (QED) is 0.317. The summed E-state index contributed by atoms with van der Waals surface area (Å²) in [6.45, 7) is 2.42. The third-order valence-electron chi connectivity index (χ3n) is 7.18. The van der Waals surface area contributed by atoms with Crippen molar-refractivity contribution in [2.24, 2.45) is 5.41 Å². The number of nitrogens with zero attached hydrogens (tertiary/aromatic N) is 2. The van der Waals surface area contributed by atoms with E-state index in [1.807, 2.05) is 18.2 Å². The highest BCUT2D eigenvalue weighted by molar-refractivity contribution is 7.99. The first-order valence-electron chi connectivity index (χ1n) is 12.1. The van der Waals surface area contributed by atoms with E-state index in [9.17, 15) is 19.0 Å². The highest BCUT2D eigenvalue weighted by atomic mass is 35.5. The fourth-order valence-corrected chi connectivity index (χ4v) is 6.08. The van der Waals surface area contributed by atoms with Gasteiger partial charge in [0.05, 0.1) is 23.8 Å². The minimum absolute atomic E-state index is 0.0511. The topological polar surface area (TPSA) is 65.8 Å². The summed E-state index contributed by atoms with van der Waals surface area (Å²) in [6.07, 6.45) is 3.48. The predicted molar refractivity (Wildman–Crippen MR) is 140 cm³/mol. The van der Waals surface area contributed by atoms with Gasteiger partial charge >= 0.3 is 0 Å². The summed E-state index contributed by atoms with van der Waals surface area (Å²) in [4.78, 5) is 6.97. The molecule has 1 fully saturated rings. The molecule has 0 aliphatic carbocycles. The number of aliphatic hydroxyl groups excluding tert-OH is 2. The van der Waals surface area contributed by atoms with Crippen LogP contribution in [0.3, 0.4) is 0 Å². The van der Waals surface area contributed by atoms with Gasteiger partial charge in [0, 0.05) is 40.9 Å². The third-order valence-corrected chi connectivity index (χ3v) is 8.50. The number of fused-ring (bicyclic) bond motifs is 1. The van der Waals surface area contributed by atoms with Crippen LogP contribution >= 0.6 is 23.4 Å². The van der Waals surface area contributed by atoms with Gasteiger partial charge in [0.2, 0.25) is 0 Å². The monoisotopic (exact) mass is 536 g/mol. The maximum Gasteiger partial charge on any atom is 0.172 e. The Hall–Kier alpha value is -1.97. The van der Waals surface area contributed by atoms with E-state index < -0.39 is 17.7 Å². The lowest BCUT2D eigenvalue weighted by Gasteiger charge is -2.41. The zero-order valence-electron chi connectivity index (χ0n) is 20.2. The van der Waals surface area contributed by atoms with Gasteiger partial charge in [-0.15, -0.1) is 11.8 Å². The molecule has 1 atom stereocenters. The molecule has 1 saturated heterocycles. The number of hydrogen-bond donors (Lipinski definition) is 2. The molecule has 5 nitrogen and oxygen atoms in total. The summed E-state index contributed by atoms with van der Waals surface area (Å²) in [5.41, 5.74) is 1.09. The van der Waals surface area contributed by atoms with E-state index >= 15 is 0 Å². The third kappa shape index (κ3) is 6.11. The Bertz CT molecular complexity index is 1190. The largest absolute Gasteiger partial charge is 0.497 e. The van der Waals surface area contributed by atoms with Gasteiger partial charge in [0.25, 0.3) is 0 Å². The number of thioether (sulfide) groups is 1. The summed E-state index contributed by atoms with van der Waals surface area (Å²) in [7, 11) is 1.59. The molecule has 2 heterocycles. The van der Waals surface area contributed by atoms with Crippen LogP contribution in [0.25, 0.3) is 10.9 Å². The molecule has 1 aliphatic rings. The van der Waals surface area contributed by atoms with E-state index in [0.717, 1.165) is 49.4 Å². The number of benzene rings is 2. The average molecular weight is 537 g/mol. The Morgan fingerprint density at radius 3 is 2.72 bits per heavy atom. The Labute approximate surface area is 219 Å². The molecule has 0 unspecified atom stereocenters. The second-order valence-electron chi connectivity index (χ2n) is 9.36. The minimum atomic E-state index is -0.826. The molecule has 0 amide bonds. The van der Waals surface area contributed by atoms with E-state index in [1.165, 1.54) is 17.8 Å². The molecule has 0 saturated carbocycles. The molecule has 2 aromatic carbocycles. The number of likely N-dealkylation sites (tertiary alicyclic amines) is 1. The van der Waals surface area contributed by atoms with Crippen molar-refractivity contribution in [3.8, 4) is 5.75 Å². The van der Waals surface area contributed by atoms with E-state index in [4.69, 9.17) is 16.3 Å². The van der Waals surface area contributed by atoms with E-state index in [0.29, 0.717) is 39.8 Å². The van der Waals surface area contributed by atoms with Gasteiger partial charge in [-0.3, -0.25) is 4.98 Å². The fourth-order valence-electron chi connectivity index (χ4n) is 4.84. The standard InChI is InChI=1S/C27H31ClF2N2O3S/c1-35-18-5-6-22-19(15-18)25(20(28)16-31-22)23(34)7-8-27(17-33)9-11-32(12-10-27)13-14-36-24-4-2-3-21(29)26(24)30/h2-6,15-16,23,33-34H,7-14,17H2,1H3/t23-/m0/s1. The molecule has 1 aromatic heterocycles. The lowest BCUT2D eigenvalue weighted by atomic mass is 9.74. The lowest BCUT2D eigenvalue weighted by molar-refractivity contribution is 0.0254. The van der Waals surface area contributed by atoms with Crippen molar-refractivity contribution in [3.63, 3.8) is 0 Å². The molecular weight excluding hydrogens is 506 g/mol. The number of hydrogen-bond acceptors (Lipinski definition) is 6. The van der Waals surface area contributed by atoms with Gasteiger partial charge in [-0.1, -0.05) is 17.7 Å². The number of piperidine rings is 1. The highest BCUT2D eigenvalue weighted by Gasteiger charge is 2.34. The van der Waals surface area contributed by atoms with Crippen molar-refractivity contribution in [2.45, 2.75) is 36.7 Å². The van der Waals surface area contributed by atoms with Crippen LogP contribution < -0.4 is 4.74 Å². The van der Waals surface area contributed by atoms with Crippen molar-refractivity contribution in [3.05, 3.63) is 64.8 Å². The molecule has 3 aromatic rings. The summed E-state index contributed by atoms with van der Waals surface area (Å²) < 4.78 is 32.6. The second kappa shape index (κ2) is 12.0. The first-order valence-corrected chi connectivity index (χ1v) is 13.4. The zero-order chi connectivity index (χ0) is 25.7. The van der Waals surface area contributed by atoms with Crippen LogP contribution in [-0.2, 0) is 0 Å². The Kier molecular flexibility index (Phi) is 9.06. The normalized spacial score (nSPS) is 16.8. The first kappa shape index (κ1) is 27.1. The minimum Gasteiger partial charge on any atom is -0.497 e. The zero-order valence-corrected chi connectivity index (χ0v) is 21.8. The average Bonchev–Trinajstić information content (AvgIpc) is 2.90. The van der Waals surface area contributed by atoms with Crippen LogP contribution in [-0.4, -0.2) is 59.2 Å². The fraction of sp³-hybridized carbons (Fsp3) is 0.444. The highest BCUT2D eigenvalue weighted by Crippen LogP contribution is 2.40. The van der Waals surface area contributed by atoms with Crippen molar-refractivity contribution in [1.29, 1.82) is 0 Å². The van der Waals surface area contributed by atoms with Crippen LogP contribution in [0.1, 0.15) is 37.4 Å². The van der Waals surface area contributed by atoms with Gasteiger partial charge in [0.1, 0.15) is 5.75 Å². The molecule has 0 bridgehead atoms. The van der Waals surface area contributed by atoms with Gasteiger partial charge in [-0.05, 0) is 74.5 Å². The number of aromatic nitrogens is 1. The van der Waals surface area contributed by atoms with E-state index in [2.05, 4.69) is 9.88 Å². The Balaban J connectivity index is 1.33. The molecule has 0 radical (unpaired) electrons. The Morgan fingerprint density at radius 2 is 2.00 bits per heavy atom. The first-order chi connectivity index (χ1) is 17.4. The molecule has 36 heavy (non-hydrogen) atoms. The van der Waals surface area contributed by atoms with Crippen LogP contribution in [0.5, 0.6) is 5.75 Å². The molecule has 4 rings (SSSR count). The summed E-state index contributed by atoms with van der Waals surface area (Å²) in [5, 5.41) is 22.5. The number of pyridine rings is 1. The van der Waals surface area contributed by atoms with Crippen LogP contribution in [0.4, 0.5) is 8.78 Å². The summed E-state index contributed by atoms with van der Waals surface area (Å²) in [6, 6.07) is 9.73. The SMILES string of the molecule is COc1ccc2ncc(Cl)c([C@@H](O)CCC3(CO)CCN(CCSc4cccc(F)c4F)CC3)c2c1. The molecule has 2 N–H and O–H groups in total. The van der Waals surface area contributed by atoms with Gasteiger partial charge < -0.3 is 19.8 Å². The van der Waals surface area contributed by atoms with Gasteiger partial charge in [-0.25, -0.2) is 8.78 Å². The maximum absolute atomic E-state index is 13.9. The maximum atomic E-state index is 13.9. The van der Waals surface area contributed by atoms with Crippen molar-refractivity contribution in [1.82, 2.24) is 9.88 Å². The van der Waals surface area contributed by atoms with Gasteiger partial charge in [0.15, 0.2) is 11.6 Å². The predicted octanol–water partition coefficient (Wildman–Crippen LogP) is 5.86. The molecule has 0 spiro atoms. The smallest absolute Gasteiger partial charge is 0.172 e. The molecule has 9 heteroatoms. The second-order valence-corrected chi connectivity index (χ2v) is 10.9. The molecule has 194 valence electrons. The number of halogens is 3. The molecular formula is C27H31ClF2N2O3S. The number of ether oxygens (including phenoxy) is 1. The van der Waals surface area contributed by atoms with Gasteiger partial charge in [-0.2, -0.15) is 0 Å². The van der Waals surface area contributed by atoms with Crippen molar-refractivity contribution in [2.75, 3.05) is 39.1 Å². The van der Waals surface area contributed by atoms with E-state index in [1.54, 1.807) is 19.4 Å². The van der Waals surface area contributed by atoms with Crippen molar-refractivity contribution >= 4 is 34.3 Å². The summed E-state index contributed by atoms with van der Waals surface area (Å²) >= 11 is 7.76. The van der Waals surface area contributed by atoms with Crippen LogP contribution in [0, 0.1) is 17.0 Å². The molecule has 1 aliphatic heterocycles. The number of methoxy groups -OCH3 is 1. The lowest BCUT2D eigenvalue weighted by Crippen LogP contribution is -2.43. The van der Waals surface area contributed by atoms with E-state index in [-0.39, 0.29) is 12.0 Å².